The molecule has 0 spiro atoms. The van der Waals surface area contributed by atoms with Gasteiger partial charge in [-0.1, -0.05) is 29.3 Å². The largest absolute Gasteiger partial charge is 0.486 e. The summed E-state index contributed by atoms with van der Waals surface area (Å²) in [7, 11) is 0. The summed E-state index contributed by atoms with van der Waals surface area (Å²) in [4.78, 5) is 16.9. The van der Waals surface area contributed by atoms with Crippen LogP contribution in [-0.4, -0.2) is 30.6 Å². The number of carbonyl (C=O) groups is 1. The molecule has 144 valence electrons. The average molecular weight is 399 g/mol. The van der Waals surface area contributed by atoms with Crippen LogP contribution < -0.4 is 14.8 Å². The zero-order chi connectivity index (χ0) is 19.5. The van der Waals surface area contributed by atoms with Gasteiger partial charge in [0.15, 0.2) is 11.5 Å². The van der Waals surface area contributed by atoms with Crippen molar-refractivity contribution in [3.63, 3.8) is 0 Å². The smallest absolute Gasteiger partial charge is 0.251 e. The van der Waals surface area contributed by atoms with E-state index in [-0.39, 0.29) is 5.91 Å². The highest BCUT2D eigenvalue weighted by molar-refractivity contribution is 6.32. The molecule has 0 bridgehead atoms. The number of carbonyl (C=O) groups excluding carboxylic acids is 1. The van der Waals surface area contributed by atoms with Gasteiger partial charge >= 0.3 is 0 Å². The van der Waals surface area contributed by atoms with Gasteiger partial charge in [0.25, 0.3) is 5.91 Å². The zero-order valence-electron chi connectivity index (χ0n) is 15.3. The first-order valence-electron chi connectivity index (χ1n) is 8.99. The normalized spacial score (nSPS) is 12.6. The number of nitrogens with one attached hydrogen (secondary N) is 1. The lowest BCUT2D eigenvalue weighted by atomic mass is 10.1. The third kappa shape index (κ3) is 3.97. The highest BCUT2D eigenvalue weighted by Crippen LogP contribution is 2.38. The van der Waals surface area contributed by atoms with E-state index < -0.39 is 0 Å². The Hall–Kier alpha value is -2.99. The van der Waals surface area contributed by atoms with E-state index in [4.69, 9.17) is 25.5 Å². The molecule has 0 saturated heterocycles. The van der Waals surface area contributed by atoms with Crippen molar-refractivity contribution in [2.24, 2.45) is 0 Å². The summed E-state index contributed by atoms with van der Waals surface area (Å²) in [6.07, 6.45) is 2.17. The van der Waals surface area contributed by atoms with Gasteiger partial charge in [-0.15, -0.1) is 0 Å². The lowest BCUT2D eigenvalue weighted by Gasteiger charge is -2.20. The van der Waals surface area contributed by atoms with E-state index >= 15 is 0 Å². The Bertz CT molecular complexity index is 998. The van der Waals surface area contributed by atoms with E-state index in [2.05, 4.69) is 10.3 Å². The number of hydrogen-bond donors (Lipinski definition) is 1. The lowest BCUT2D eigenvalue weighted by Crippen LogP contribution is -2.26. The molecule has 3 aromatic rings. The second kappa shape index (κ2) is 7.94. The second-order valence-electron chi connectivity index (χ2n) is 6.50. The van der Waals surface area contributed by atoms with Crippen LogP contribution >= 0.6 is 11.6 Å². The molecule has 0 radical (unpaired) electrons. The molecule has 0 aliphatic carbocycles. The second-order valence-corrected chi connectivity index (χ2v) is 6.91. The maximum absolute atomic E-state index is 12.4. The van der Waals surface area contributed by atoms with E-state index in [0.717, 1.165) is 11.3 Å². The Morgan fingerprint density at radius 1 is 1.18 bits per heavy atom. The maximum Gasteiger partial charge on any atom is 0.251 e. The van der Waals surface area contributed by atoms with Crippen LogP contribution in [-0.2, 0) is 6.42 Å². The van der Waals surface area contributed by atoms with Gasteiger partial charge in [-0.05, 0) is 31.2 Å². The number of fused-ring (bicyclic) bond motifs is 1. The number of oxazole rings is 1. The van der Waals surface area contributed by atoms with Gasteiger partial charge in [0, 0.05) is 24.1 Å². The topological polar surface area (TPSA) is 73.6 Å². The highest BCUT2D eigenvalue weighted by Gasteiger charge is 2.19. The van der Waals surface area contributed by atoms with Crippen LogP contribution in [0.3, 0.4) is 0 Å². The summed E-state index contributed by atoms with van der Waals surface area (Å²) >= 11 is 6.18. The summed E-state index contributed by atoms with van der Waals surface area (Å²) in [5.41, 5.74) is 3.30. The molecule has 0 atom stereocenters. The minimum absolute atomic E-state index is 0.235. The summed E-state index contributed by atoms with van der Waals surface area (Å²) in [5, 5.41) is 3.22. The van der Waals surface area contributed by atoms with Crippen molar-refractivity contribution in [1.29, 1.82) is 0 Å². The summed E-state index contributed by atoms with van der Waals surface area (Å²) in [6.45, 7) is 3.33. The molecule has 2 heterocycles. The first-order valence-corrected chi connectivity index (χ1v) is 9.37. The van der Waals surface area contributed by atoms with Gasteiger partial charge in [0.1, 0.15) is 19.5 Å². The molecule has 0 unspecified atom stereocenters. The lowest BCUT2D eigenvalue weighted by molar-refractivity contribution is 0.0953. The Balaban J connectivity index is 1.36. The van der Waals surface area contributed by atoms with Gasteiger partial charge in [-0.2, -0.15) is 0 Å². The number of halogens is 1. The molecule has 1 aromatic heterocycles. The van der Waals surface area contributed by atoms with Crippen molar-refractivity contribution in [3.8, 4) is 23.0 Å². The summed E-state index contributed by atoms with van der Waals surface area (Å²) in [6, 6.07) is 11.2. The Kier molecular flexibility index (Phi) is 5.21. The predicted octanol–water partition coefficient (Wildman–Crippen LogP) is 4.05. The van der Waals surface area contributed by atoms with Gasteiger partial charge in [0.05, 0.1) is 10.7 Å². The highest BCUT2D eigenvalue weighted by atomic mass is 35.5. The minimum Gasteiger partial charge on any atom is -0.486 e. The molecule has 6 nitrogen and oxygen atoms in total. The number of aromatic nitrogens is 1. The fourth-order valence-corrected chi connectivity index (χ4v) is 3.16. The Morgan fingerprint density at radius 3 is 2.79 bits per heavy atom. The van der Waals surface area contributed by atoms with Crippen LogP contribution in [0.1, 0.15) is 21.6 Å². The minimum atomic E-state index is -0.235. The molecule has 28 heavy (non-hydrogen) atoms. The number of aryl methyl sites for hydroxylation is 1. The third-order valence-electron chi connectivity index (χ3n) is 4.38. The van der Waals surface area contributed by atoms with Gasteiger partial charge in [0.2, 0.25) is 5.89 Å². The van der Waals surface area contributed by atoms with E-state index in [1.165, 1.54) is 5.56 Å². The van der Waals surface area contributed by atoms with E-state index in [1.54, 1.807) is 18.4 Å². The summed E-state index contributed by atoms with van der Waals surface area (Å²) < 4.78 is 16.5. The molecule has 1 N–H and O–H groups in total. The van der Waals surface area contributed by atoms with Gasteiger partial charge < -0.3 is 19.2 Å². The molecule has 7 heteroatoms. The van der Waals surface area contributed by atoms with Gasteiger partial charge in [-0.25, -0.2) is 4.98 Å². The van der Waals surface area contributed by atoms with Gasteiger partial charge in [-0.3, -0.25) is 4.79 Å². The molecule has 1 amide bonds. The first kappa shape index (κ1) is 18.4. The molecule has 0 saturated carbocycles. The Labute approximate surface area is 167 Å². The maximum atomic E-state index is 12.4. The van der Waals surface area contributed by atoms with Crippen molar-refractivity contribution in [3.05, 3.63) is 64.5 Å². The van der Waals surface area contributed by atoms with Crippen molar-refractivity contribution in [1.82, 2.24) is 10.3 Å². The van der Waals surface area contributed by atoms with Crippen LogP contribution in [0, 0.1) is 6.92 Å². The molecular weight excluding hydrogens is 380 g/mol. The SMILES string of the molecule is Cc1ccc(-c2nc(CCNC(=O)c3cc(Cl)c4c(c3)OCCO4)co2)cc1. The molecular formula is C21H19ClN2O4. The number of hydrogen-bond acceptors (Lipinski definition) is 5. The quantitative estimate of drug-likeness (QED) is 0.702. The third-order valence-corrected chi connectivity index (χ3v) is 4.66. The molecule has 2 aromatic carbocycles. The number of ether oxygens (including phenoxy) is 2. The van der Waals surface area contributed by atoms with Crippen molar-refractivity contribution >= 4 is 17.5 Å². The van der Waals surface area contributed by atoms with Crippen LogP contribution in [0.15, 0.2) is 47.1 Å². The fraction of sp³-hybridized carbons (Fsp3) is 0.238. The van der Waals surface area contributed by atoms with Crippen molar-refractivity contribution in [2.75, 3.05) is 19.8 Å². The molecule has 4 rings (SSSR count). The van der Waals surface area contributed by atoms with Crippen molar-refractivity contribution in [2.45, 2.75) is 13.3 Å². The zero-order valence-corrected chi connectivity index (χ0v) is 16.1. The fourth-order valence-electron chi connectivity index (χ4n) is 2.90. The molecule has 1 aliphatic rings. The van der Waals surface area contributed by atoms with E-state index in [9.17, 15) is 4.79 Å². The molecule has 1 aliphatic heterocycles. The number of nitrogens with zero attached hydrogens (tertiary/aromatic N) is 1. The molecule has 0 fully saturated rings. The average Bonchev–Trinajstić information content (AvgIpc) is 3.17. The van der Waals surface area contributed by atoms with Crippen LogP contribution in [0.2, 0.25) is 5.02 Å². The van der Waals surface area contributed by atoms with Crippen LogP contribution in [0.25, 0.3) is 11.5 Å². The first-order chi connectivity index (χ1) is 13.6. The summed E-state index contributed by atoms with van der Waals surface area (Å²) in [5.74, 6) is 1.31. The number of amides is 1. The number of benzene rings is 2. The standard InChI is InChI=1S/C21H19ClN2O4/c1-13-2-4-14(5-3-13)21-24-16(12-28-21)6-7-23-20(25)15-10-17(22)19-18(11-15)26-8-9-27-19/h2-5,10-12H,6-9H2,1H3,(H,23,25). The van der Waals surface area contributed by atoms with Crippen LogP contribution in [0.5, 0.6) is 11.5 Å². The Morgan fingerprint density at radius 2 is 1.96 bits per heavy atom. The van der Waals surface area contributed by atoms with Crippen molar-refractivity contribution < 1.29 is 18.7 Å². The van der Waals surface area contributed by atoms with E-state index in [0.29, 0.717) is 54.2 Å². The van der Waals surface area contributed by atoms with E-state index in [1.807, 2.05) is 31.2 Å². The predicted molar refractivity (Wildman–Crippen MR) is 105 cm³/mol. The number of rotatable bonds is 5. The monoisotopic (exact) mass is 398 g/mol. The van der Waals surface area contributed by atoms with Crippen LogP contribution in [0.4, 0.5) is 0 Å².